The zero-order chi connectivity index (χ0) is 8.97. The minimum absolute atomic E-state index is 0.488. The molecule has 0 aromatic heterocycles. The molecule has 0 bridgehead atoms. The summed E-state index contributed by atoms with van der Waals surface area (Å²) >= 11 is 0. The number of hydrogen-bond acceptors (Lipinski definition) is 1. The Morgan fingerprint density at radius 1 is 1.58 bits per heavy atom. The van der Waals surface area contributed by atoms with Crippen molar-refractivity contribution in [1.29, 1.82) is 0 Å². The van der Waals surface area contributed by atoms with Crippen LogP contribution in [0.15, 0.2) is 30.8 Å². The third-order valence-corrected chi connectivity index (χ3v) is 1.63. The zero-order valence-electron chi connectivity index (χ0n) is 6.90. The van der Waals surface area contributed by atoms with Gasteiger partial charge in [-0.15, -0.1) is 0 Å². The second-order valence-corrected chi connectivity index (χ2v) is 2.72. The lowest BCUT2D eigenvalue weighted by Crippen LogP contribution is -2.09. The molecule has 0 saturated heterocycles. The minimum Gasteiger partial charge on any atom is -0.403 e. The first-order chi connectivity index (χ1) is 5.72. The van der Waals surface area contributed by atoms with Crippen LogP contribution in [0.1, 0.15) is 11.1 Å². The average Bonchev–Trinajstić information content (AvgIpc) is 2.03. The smallest absolute Gasteiger partial charge is 0.109 e. The van der Waals surface area contributed by atoms with Gasteiger partial charge in [-0.25, -0.2) is 0 Å². The second-order valence-electron chi connectivity index (χ2n) is 2.72. The Kier molecular flexibility index (Phi) is 3.12. The molecule has 60 valence electrons. The van der Waals surface area contributed by atoms with E-state index in [0.29, 0.717) is 6.42 Å². The van der Waals surface area contributed by atoms with Gasteiger partial charge in [0.25, 0.3) is 0 Å². The maximum atomic E-state index is 8.92. The molecular formula is C10H11BO. The van der Waals surface area contributed by atoms with Crippen molar-refractivity contribution in [2.45, 2.75) is 12.4 Å². The Morgan fingerprint density at radius 3 is 2.92 bits per heavy atom. The standard InChI is InChI=1S/C10H11BO/c1-2-8-4-3-5-9(6-8)7-10(11)12/h2-6,10,12H,1,7H2/t10-/m1/s1. The Bertz CT molecular complexity index is 268. The summed E-state index contributed by atoms with van der Waals surface area (Å²) in [6.07, 6.45) is 2.26. The molecule has 0 saturated carbocycles. The van der Waals surface area contributed by atoms with Gasteiger partial charge < -0.3 is 5.11 Å². The van der Waals surface area contributed by atoms with Crippen LogP contribution in [0.2, 0.25) is 0 Å². The van der Waals surface area contributed by atoms with Gasteiger partial charge in [-0.2, -0.15) is 0 Å². The largest absolute Gasteiger partial charge is 0.403 e. The third-order valence-electron chi connectivity index (χ3n) is 1.63. The highest BCUT2D eigenvalue weighted by Gasteiger charge is 1.97. The average molecular weight is 158 g/mol. The lowest BCUT2D eigenvalue weighted by molar-refractivity contribution is 0.256. The van der Waals surface area contributed by atoms with Gasteiger partial charge in [0.05, 0.1) is 0 Å². The van der Waals surface area contributed by atoms with Gasteiger partial charge >= 0.3 is 0 Å². The van der Waals surface area contributed by atoms with E-state index in [2.05, 4.69) is 6.58 Å². The predicted molar refractivity (Wildman–Crippen MR) is 52.0 cm³/mol. The zero-order valence-corrected chi connectivity index (χ0v) is 6.90. The summed E-state index contributed by atoms with van der Waals surface area (Å²) in [4.78, 5) is 0. The van der Waals surface area contributed by atoms with E-state index in [9.17, 15) is 0 Å². The van der Waals surface area contributed by atoms with Crippen molar-refractivity contribution in [1.82, 2.24) is 0 Å². The van der Waals surface area contributed by atoms with Crippen molar-refractivity contribution in [2.75, 3.05) is 0 Å². The van der Waals surface area contributed by atoms with Crippen LogP contribution in [-0.4, -0.2) is 19.0 Å². The first-order valence-electron chi connectivity index (χ1n) is 3.87. The van der Waals surface area contributed by atoms with Crippen LogP contribution in [0.25, 0.3) is 6.08 Å². The van der Waals surface area contributed by atoms with E-state index in [1.807, 2.05) is 24.3 Å². The summed E-state index contributed by atoms with van der Waals surface area (Å²) in [6, 6.07) is 7.00. The van der Waals surface area contributed by atoms with E-state index in [4.69, 9.17) is 13.0 Å². The molecule has 1 rings (SSSR count). The van der Waals surface area contributed by atoms with Crippen molar-refractivity contribution in [3.63, 3.8) is 0 Å². The molecule has 1 aromatic rings. The Morgan fingerprint density at radius 2 is 2.33 bits per heavy atom. The molecule has 12 heavy (non-hydrogen) atoms. The van der Waals surface area contributed by atoms with E-state index >= 15 is 0 Å². The highest BCUT2D eigenvalue weighted by Crippen LogP contribution is 2.07. The summed E-state index contributed by atoms with van der Waals surface area (Å²) < 4.78 is 0. The molecule has 0 fully saturated rings. The van der Waals surface area contributed by atoms with E-state index in [1.165, 1.54) is 0 Å². The Balaban J connectivity index is 2.79. The number of hydrogen-bond donors (Lipinski definition) is 1. The molecule has 1 nitrogen and oxygen atoms in total. The molecule has 0 aliphatic heterocycles. The first kappa shape index (κ1) is 9.08. The van der Waals surface area contributed by atoms with Crippen molar-refractivity contribution in [3.05, 3.63) is 42.0 Å². The Labute approximate surface area is 74.1 Å². The summed E-state index contributed by atoms with van der Waals surface area (Å²) in [5, 5.41) is 8.92. The minimum atomic E-state index is -0.773. The van der Waals surface area contributed by atoms with Crippen LogP contribution in [0.5, 0.6) is 0 Å². The molecule has 0 aliphatic carbocycles. The van der Waals surface area contributed by atoms with E-state index < -0.39 is 6.00 Å². The molecule has 0 aliphatic rings. The predicted octanol–water partition coefficient (Wildman–Crippen LogP) is 1.36. The molecule has 1 N–H and O–H groups in total. The summed E-state index contributed by atoms with van der Waals surface area (Å²) in [7, 11) is 5.25. The molecule has 0 heterocycles. The molecular weight excluding hydrogens is 147 g/mol. The molecule has 1 atom stereocenters. The highest BCUT2D eigenvalue weighted by molar-refractivity contribution is 6.10. The molecule has 2 heteroatoms. The lowest BCUT2D eigenvalue weighted by Gasteiger charge is -2.04. The van der Waals surface area contributed by atoms with Crippen molar-refractivity contribution in [3.8, 4) is 0 Å². The molecule has 0 unspecified atom stereocenters. The van der Waals surface area contributed by atoms with Crippen LogP contribution in [0.3, 0.4) is 0 Å². The normalized spacial score (nSPS) is 12.4. The number of rotatable bonds is 3. The molecule has 2 radical (unpaired) electrons. The molecule has 0 amide bonds. The lowest BCUT2D eigenvalue weighted by atomic mass is 9.92. The van der Waals surface area contributed by atoms with Gasteiger partial charge in [-0.05, 0) is 17.5 Å². The third kappa shape index (κ3) is 2.55. The van der Waals surface area contributed by atoms with Gasteiger partial charge in [0.2, 0.25) is 0 Å². The van der Waals surface area contributed by atoms with Gasteiger partial charge in [0.1, 0.15) is 7.85 Å². The van der Waals surface area contributed by atoms with Crippen LogP contribution < -0.4 is 0 Å². The quantitative estimate of drug-likeness (QED) is 0.658. The Hall–Kier alpha value is -1.02. The number of aliphatic hydroxyl groups is 1. The second kappa shape index (κ2) is 4.12. The van der Waals surface area contributed by atoms with Gasteiger partial charge in [0.15, 0.2) is 0 Å². The fourth-order valence-corrected chi connectivity index (χ4v) is 1.09. The van der Waals surface area contributed by atoms with Crippen LogP contribution in [-0.2, 0) is 6.42 Å². The highest BCUT2D eigenvalue weighted by atomic mass is 16.3. The van der Waals surface area contributed by atoms with Gasteiger partial charge in [0, 0.05) is 6.00 Å². The van der Waals surface area contributed by atoms with Gasteiger partial charge in [-0.1, -0.05) is 36.9 Å². The number of benzene rings is 1. The summed E-state index contributed by atoms with van der Waals surface area (Å²) in [6.45, 7) is 3.66. The maximum Gasteiger partial charge on any atom is 0.109 e. The summed E-state index contributed by atoms with van der Waals surface area (Å²) in [5.41, 5.74) is 2.08. The fourth-order valence-electron chi connectivity index (χ4n) is 1.09. The molecule has 0 spiro atoms. The van der Waals surface area contributed by atoms with Crippen LogP contribution >= 0.6 is 0 Å². The van der Waals surface area contributed by atoms with Crippen LogP contribution in [0.4, 0.5) is 0 Å². The summed E-state index contributed by atoms with van der Waals surface area (Å²) in [5.74, 6) is 0. The van der Waals surface area contributed by atoms with Crippen LogP contribution in [0, 0.1) is 0 Å². The monoisotopic (exact) mass is 158 g/mol. The van der Waals surface area contributed by atoms with E-state index in [1.54, 1.807) is 6.08 Å². The van der Waals surface area contributed by atoms with Crippen molar-refractivity contribution < 1.29 is 5.11 Å². The van der Waals surface area contributed by atoms with Gasteiger partial charge in [-0.3, -0.25) is 0 Å². The number of aliphatic hydroxyl groups excluding tert-OH is 1. The topological polar surface area (TPSA) is 20.2 Å². The first-order valence-corrected chi connectivity index (χ1v) is 3.87. The molecule has 1 aromatic carbocycles. The van der Waals surface area contributed by atoms with E-state index in [0.717, 1.165) is 11.1 Å². The van der Waals surface area contributed by atoms with E-state index in [-0.39, 0.29) is 0 Å². The SMILES string of the molecule is [B][C@H](O)Cc1cccc(C=C)c1. The van der Waals surface area contributed by atoms with Crippen molar-refractivity contribution in [2.24, 2.45) is 0 Å². The maximum absolute atomic E-state index is 8.92. The van der Waals surface area contributed by atoms with Crippen molar-refractivity contribution >= 4 is 13.9 Å². The fraction of sp³-hybridized carbons (Fsp3) is 0.200.